The molecule has 3 N–H and O–H groups in total. The summed E-state index contributed by atoms with van der Waals surface area (Å²) in [5, 5.41) is 13.0. The maximum absolute atomic E-state index is 11.8. The fourth-order valence-corrected chi connectivity index (χ4v) is 2.79. The molecule has 2 amide bonds. The normalized spacial score (nSPS) is 10.4. The van der Waals surface area contributed by atoms with Crippen LogP contribution in [0, 0.1) is 0 Å². The standard InChI is InChI=1S/C10H11N5O2S2/c1-15-5-12-14-10(15)19-4-7(16)13-9-6(8(11)17)2-3-18-9/h2-3,5H,4H2,1H3,(H2,11,17)(H,13,16). The van der Waals surface area contributed by atoms with Gasteiger partial charge in [-0.1, -0.05) is 11.8 Å². The van der Waals surface area contributed by atoms with E-state index in [1.807, 2.05) is 0 Å². The van der Waals surface area contributed by atoms with Crippen LogP contribution < -0.4 is 11.1 Å². The number of rotatable bonds is 5. The third-order valence-corrected chi connectivity index (χ3v) is 4.05. The summed E-state index contributed by atoms with van der Waals surface area (Å²) < 4.78 is 1.72. The van der Waals surface area contributed by atoms with Crippen molar-refractivity contribution in [2.24, 2.45) is 12.8 Å². The van der Waals surface area contributed by atoms with Crippen LogP contribution >= 0.6 is 23.1 Å². The van der Waals surface area contributed by atoms with Crippen molar-refractivity contribution >= 4 is 39.9 Å². The number of carbonyl (C=O) groups excluding carboxylic acids is 2. The van der Waals surface area contributed by atoms with E-state index in [1.54, 1.807) is 29.4 Å². The van der Waals surface area contributed by atoms with Gasteiger partial charge in [0.25, 0.3) is 5.91 Å². The molecule has 2 rings (SSSR count). The minimum Gasteiger partial charge on any atom is -0.366 e. The lowest BCUT2D eigenvalue weighted by Crippen LogP contribution is -2.17. The molecule has 0 aliphatic carbocycles. The number of aromatic nitrogens is 3. The number of nitrogens with zero attached hydrogens (tertiary/aromatic N) is 3. The van der Waals surface area contributed by atoms with Gasteiger partial charge in [-0.3, -0.25) is 9.59 Å². The molecule has 0 aliphatic heterocycles. The summed E-state index contributed by atoms with van der Waals surface area (Å²) in [6.45, 7) is 0. The Morgan fingerprint density at radius 2 is 2.37 bits per heavy atom. The molecular formula is C10H11N5O2S2. The van der Waals surface area contributed by atoms with E-state index in [4.69, 9.17) is 5.73 Å². The average molecular weight is 297 g/mol. The van der Waals surface area contributed by atoms with Crippen LogP contribution in [0.2, 0.25) is 0 Å². The number of thioether (sulfide) groups is 1. The van der Waals surface area contributed by atoms with Crippen molar-refractivity contribution in [1.82, 2.24) is 14.8 Å². The molecule has 0 aromatic carbocycles. The number of thiophene rings is 1. The summed E-state index contributed by atoms with van der Waals surface area (Å²) >= 11 is 2.52. The van der Waals surface area contributed by atoms with E-state index in [-0.39, 0.29) is 11.7 Å². The molecule has 0 radical (unpaired) electrons. The molecule has 2 aromatic rings. The van der Waals surface area contributed by atoms with Crippen molar-refractivity contribution in [3.05, 3.63) is 23.3 Å². The van der Waals surface area contributed by atoms with Crippen molar-refractivity contribution in [1.29, 1.82) is 0 Å². The molecule has 0 aliphatic rings. The Bertz CT molecular complexity index is 607. The second-order valence-electron chi connectivity index (χ2n) is 3.59. The molecule has 7 nitrogen and oxygen atoms in total. The van der Waals surface area contributed by atoms with Crippen molar-refractivity contribution < 1.29 is 9.59 Å². The average Bonchev–Trinajstić information content (AvgIpc) is 2.95. The summed E-state index contributed by atoms with van der Waals surface area (Å²) in [4.78, 5) is 22.9. The van der Waals surface area contributed by atoms with Gasteiger partial charge in [0, 0.05) is 7.05 Å². The van der Waals surface area contributed by atoms with E-state index < -0.39 is 5.91 Å². The van der Waals surface area contributed by atoms with Crippen molar-refractivity contribution in [3.8, 4) is 0 Å². The molecule has 0 saturated carbocycles. The van der Waals surface area contributed by atoms with E-state index in [0.717, 1.165) is 0 Å². The van der Waals surface area contributed by atoms with E-state index in [9.17, 15) is 9.59 Å². The first-order chi connectivity index (χ1) is 9.08. The van der Waals surface area contributed by atoms with Crippen LogP contribution in [-0.4, -0.2) is 32.3 Å². The van der Waals surface area contributed by atoms with Gasteiger partial charge >= 0.3 is 0 Å². The topological polar surface area (TPSA) is 103 Å². The van der Waals surface area contributed by atoms with Crippen LogP contribution in [0.1, 0.15) is 10.4 Å². The number of nitrogens with two attached hydrogens (primary N) is 1. The fourth-order valence-electron chi connectivity index (χ4n) is 1.30. The van der Waals surface area contributed by atoms with Gasteiger partial charge in [-0.2, -0.15) is 0 Å². The quantitative estimate of drug-likeness (QED) is 0.791. The fraction of sp³-hybridized carbons (Fsp3) is 0.200. The number of hydrogen-bond acceptors (Lipinski definition) is 6. The van der Waals surface area contributed by atoms with Crippen molar-refractivity contribution in [2.75, 3.05) is 11.1 Å². The highest BCUT2D eigenvalue weighted by Crippen LogP contribution is 2.23. The third kappa shape index (κ3) is 3.32. The lowest BCUT2D eigenvalue weighted by molar-refractivity contribution is -0.113. The molecule has 0 saturated heterocycles. The molecule has 0 bridgehead atoms. The number of aryl methyl sites for hydroxylation is 1. The highest BCUT2D eigenvalue weighted by atomic mass is 32.2. The van der Waals surface area contributed by atoms with Gasteiger partial charge in [0.15, 0.2) is 5.16 Å². The molecule has 19 heavy (non-hydrogen) atoms. The Balaban J connectivity index is 1.93. The highest BCUT2D eigenvalue weighted by Gasteiger charge is 2.13. The molecular weight excluding hydrogens is 286 g/mol. The SMILES string of the molecule is Cn1cnnc1SCC(=O)Nc1sccc1C(N)=O. The second-order valence-corrected chi connectivity index (χ2v) is 5.45. The summed E-state index contributed by atoms with van der Waals surface area (Å²) in [5.41, 5.74) is 5.52. The smallest absolute Gasteiger partial charge is 0.251 e. The van der Waals surface area contributed by atoms with E-state index in [1.165, 1.54) is 23.1 Å². The minimum atomic E-state index is -0.558. The van der Waals surface area contributed by atoms with Gasteiger partial charge in [-0.05, 0) is 11.4 Å². The predicted molar refractivity (Wildman–Crippen MR) is 73.2 cm³/mol. The molecule has 0 fully saturated rings. The zero-order chi connectivity index (χ0) is 13.8. The summed E-state index contributed by atoms with van der Waals surface area (Å²) in [5.74, 6) is -0.599. The molecule has 0 spiro atoms. The second kappa shape index (κ2) is 5.85. The summed E-state index contributed by atoms with van der Waals surface area (Å²) in [6, 6.07) is 1.58. The van der Waals surface area contributed by atoms with Crippen LogP contribution in [0.15, 0.2) is 22.9 Å². The molecule has 2 aromatic heterocycles. The van der Waals surface area contributed by atoms with Gasteiger partial charge in [-0.15, -0.1) is 21.5 Å². The van der Waals surface area contributed by atoms with Crippen LogP contribution in [0.4, 0.5) is 5.00 Å². The number of carbonyl (C=O) groups is 2. The lowest BCUT2D eigenvalue weighted by Gasteiger charge is -2.04. The highest BCUT2D eigenvalue weighted by molar-refractivity contribution is 7.99. The zero-order valence-electron chi connectivity index (χ0n) is 9.99. The van der Waals surface area contributed by atoms with Crippen molar-refractivity contribution in [3.63, 3.8) is 0 Å². The molecule has 0 atom stereocenters. The van der Waals surface area contributed by atoms with E-state index in [0.29, 0.717) is 15.7 Å². The maximum Gasteiger partial charge on any atom is 0.251 e. The summed E-state index contributed by atoms with van der Waals surface area (Å²) in [7, 11) is 1.80. The van der Waals surface area contributed by atoms with Crippen LogP contribution in [0.3, 0.4) is 0 Å². The first kappa shape index (κ1) is 13.6. The number of amides is 2. The Morgan fingerprint density at radius 1 is 1.58 bits per heavy atom. The minimum absolute atomic E-state index is 0.183. The third-order valence-electron chi connectivity index (χ3n) is 2.19. The van der Waals surface area contributed by atoms with Gasteiger partial charge in [0.1, 0.15) is 11.3 Å². The Kier molecular flexibility index (Phi) is 4.17. The monoisotopic (exact) mass is 297 g/mol. The molecule has 2 heterocycles. The molecule has 100 valence electrons. The summed E-state index contributed by atoms with van der Waals surface area (Å²) in [6.07, 6.45) is 1.56. The van der Waals surface area contributed by atoms with E-state index in [2.05, 4.69) is 15.5 Å². The molecule has 9 heteroatoms. The first-order valence-electron chi connectivity index (χ1n) is 5.22. The van der Waals surface area contributed by atoms with Crippen LogP contribution in [0.5, 0.6) is 0 Å². The van der Waals surface area contributed by atoms with Crippen LogP contribution in [-0.2, 0) is 11.8 Å². The number of nitrogens with one attached hydrogen (secondary N) is 1. The van der Waals surface area contributed by atoms with Gasteiger partial charge in [0.2, 0.25) is 5.91 Å². The Hall–Kier alpha value is -1.87. The number of anilines is 1. The lowest BCUT2D eigenvalue weighted by atomic mass is 10.3. The van der Waals surface area contributed by atoms with Crippen molar-refractivity contribution in [2.45, 2.75) is 5.16 Å². The maximum atomic E-state index is 11.8. The zero-order valence-corrected chi connectivity index (χ0v) is 11.6. The predicted octanol–water partition coefficient (Wildman–Crippen LogP) is 0.706. The van der Waals surface area contributed by atoms with Gasteiger partial charge in [0.05, 0.1) is 11.3 Å². The number of primary amides is 1. The number of hydrogen-bond donors (Lipinski definition) is 2. The van der Waals surface area contributed by atoms with Gasteiger partial charge in [-0.25, -0.2) is 0 Å². The largest absolute Gasteiger partial charge is 0.366 e. The van der Waals surface area contributed by atoms with Gasteiger partial charge < -0.3 is 15.6 Å². The Morgan fingerprint density at radius 3 is 3.00 bits per heavy atom. The molecule has 0 unspecified atom stereocenters. The Labute approximate surface area is 117 Å². The van der Waals surface area contributed by atoms with E-state index >= 15 is 0 Å². The first-order valence-corrected chi connectivity index (χ1v) is 7.08. The van der Waals surface area contributed by atoms with Crippen LogP contribution in [0.25, 0.3) is 0 Å².